The first-order chi connectivity index (χ1) is 23.4. The maximum atomic E-state index is 13.9. The third-order valence-corrected chi connectivity index (χ3v) is 8.96. The molecule has 1 N–H and O–H groups in total. The number of carbonyl (C=O) groups excluding carboxylic acids is 2. The second-order valence-corrected chi connectivity index (χ2v) is 12.0. The van der Waals surface area contributed by atoms with Crippen LogP contribution in [0.5, 0.6) is 28.7 Å². The van der Waals surface area contributed by atoms with Crippen LogP contribution in [0.4, 0.5) is 5.13 Å². The quantitative estimate of drug-likeness (QED) is 0.0951. The van der Waals surface area contributed by atoms with Crippen LogP contribution in [0.25, 0.3) is 16.0 Å². The van der Waals surface area contributed by atoms with Crippen molar-refractivity contribution in [3.8, 4) is 28.7 Å². The molecular weight excluding hydrogens is 632 g/mol. The Bertz CT molecular complexity index is 2040. The van der Waals surface area contributed by atoms with E-state index in [1.54, 1.807) is 36.4 Å². The van der Waals surface area contributed by atoms with E-state index in [0.29, 0.717) is 83.6 Å². The summed E-state index contributed by atoms with van der Waals surface area (Å²) in [6.45, 7) is 5.69. The molecule has 48 heavy (non-hydrogen) atoms. The van der Waals surface area contributed by atoms with E-state index in [-0.39, 0.29) is 11.3 Å². The summed E-state index contributed by atoms with van der Waals surface area (Å²) in [6.07, 6.45) is 0. The van der Waals surface area contributed by atoms with Gasteiger partial charge < -0.3 is 28.8 Å². The van der Waals surface area contributed by atoms with E-state index in [2.05, 4.69) is 0 Å². The summed E-state index contributed by atoms with van der Waals surface area (Å²) in [5.41, 5.74) is 2.37. The number of fused-ring (bicyclic) bond motifs is 2. The number of Topliss-reactive ketones (excluding diaryl/α,β-unsaturated/α-hetero) is 1. The summed E-state index contributed by atoms with van der Waals surface area (Å²) < 4.78 is 29.9. The van der Waals surface area contributed by atoms with Crippen LogP contribution < -0.4 is 28.6 Å². The van der Waals surface area contributed by atoms with Crippen molar-refractivity contribution in [2.24, 2.45) is 0 Å². The lowest BCUT2D eigenvalue weighted by Gasteiger charge is -2.24. The molecule has 2 aliphatic heterocycles. The zero-order chi connectivity index (χ0) is 33.2. The first-order valence-electron chi connectivity index (χ1n) is 15.6. The van der Waals surface area contributed by atoms with Crippen molar-refractivity contribution in [2.45, 2.75) is 26.5 Å². The van der Waals surface area contributed by atoms with Crippen LogP contribution in [0.1, 0.15) is 36.6 Å². The fraction of sp³-hybridized carbons (Fsp3) is 0.216. The molecule has 0 saturated carbocycles. The van der Waals surface area contributed by atoms with Gasteiger partial charge in [0.25, 0.3) is 5.78 Å². The highest BCUT2D eigenvalue weighted by Crippen LogP contribution is 2.47. The predicted octanol–water partition coefficient (Wildman–Crippen LogP) is 7.07. The van der Waals surface area contributed by atoms with Gasteiger partial charge in [0.15, 0.2) is 28.1 Å². The minimum atomic E-state index is -1.03. The Labute approximate surface area is 280 Å². The number of nitrogens with zero attached hydrogens (tertiary/aromatic N) is 2. The van der Waals surface area contributed by atoms with Gasteiger partial charge in [0.2, 0.25) is 0 Å². The van der Waals surface area contributed by atoms with E-state index in [4.69, 9.17) is 28.7 Å². The lowest BCUT2D eigenvalue weighted by atomic mass is 9.95. The van der Waals surface area contributed by atoms with Gasteiger partial charge in [-0.05, 0) is 73.5 Å². The highest BCUT2D eigenvalue weighted by molar-refractivity contribution is 7.22. The van der Waals surface area contributed by atoms with Crippen LogP contribution in [0.15, 0.2) is 90.5 Å². The van der Waals surface area contributed by atoms with Crippen molar-refractivity contribution in [1.82, 2.24) is 4.98 Å². The van der Waals surface area contributed by atoms with Crippen LogP contribution in [0.2, 0.25) is 0 Å². The minimum absolute atomic E-state index is 0.0914. The van der Waals surface area contributed by atoms with Gasteiger partial charge in [-0.25, -0.2) is 4.98 Å². The molecule has 1 amide bonds. The Morgan fingerprint density at radius 2 is 1.67 bits per heavy atom. The SMILES string of the molecule is CCOc1ccc2nc(N3C(=O)C(=O)C(=C(O)c4ccc5c(c4)OCCO5)C3c3ccc(OCc4ccccc4)c(OCC)c3)sc2c1. The molecule has 1 unspecified atom stereocenters. The highest BCUT2D eigenvalue weighted by Gasteiger charge is 2.48. The van der Waals surface area contributed by atoms with Gasteiger partial charge in [-0.1, -0.05) is 47.7 Å². The van der Waals surface area contributed by atoms with Gasteiger partial charge in [-0.3, -0.25) is 14.5 Å². The standard InChI is InChI=1S/C37H32N2O8S/c1-3-43-25-12-13-26-31(20-25)48-37(38-26)39-33(23-10-14-28(29(18-23)44-4-2)47-21-22-8-6-5-7-9-22)32(35(41)36(39)42)34(40)24-11-15-27-30(19-24)46-17-16-45-27/h5-15,18-20,33,40H,3-4,16-17,21H2,1-2H3. The Morgan fingerprint density at radius 3 is 2.46 bits per heavy atom. The van der Waals surface area contributed by atoms with Crippen molar-refractivity contribution >= 4 is 44.1 Å². The summed E-state index contributed by atoms with van der Waals surface area (Å²) in [7, 11) is 0. The molecule has 244 valence electrons. The number of amides is 1. The Balaban J connectivity index is 1.35. The molecule has 4 aromatic carbocycles. The van der Waals surface area contributed by atoms with E-state index in [9.17, 15) is 14.7 Å². The van der Waals surface area contributed by atoms with E-state index >= 15 is 0 Å². The number of aromatic nitrogens is 1. The molecule has 7 rings (SSSR count). The summed E-state index contributed by atoms with van der Waals surface area (Å²) in [6, 6.07) is 24.4. The van der Waals surface area contributed by atoms with Gasteiger partial charge >= 0.3 is 5.91 Å². The molecule has 1 saturated heterocycles. The lowest BCUT2D eigenvalue weighted by Crippen LogP contribution is -2.29. The third-order valence-electron chi connectivity index (χ3n) is 7.95. The number of benzene rings is 4. The summed E-state index contributed by atoms with van der Waals surface area (Å²) in [4.78, 5) is 33.9. The molecule has 1 fully saturated rings. The number of aliphatic hydroxyl groups excluding tert-OH is 1. The number of anilines is 1. The second-order valence-electron chi connectivity index (χ2n) is 11.0. The van der Waals surface area contributed by atoms with Gasteiger partial charge in [0, 0.05) is 5.56 Å². The molecule has 0 radical (unpaired) electrons. The lowest BCUT2D eigenvalue weighted by molar-refractivity contribution is -0.132. The Hall–Kier alpha value is -5.55. The molecule has 3 heterocycles. The van der Waals surface area contributed by atoms with Crippen LogP contribution >= 0.6 is 11.3 Å². The number of rotatable bonds is 10. The van der Waals surface area contributed by atoms with E-state index in [1.165, 1.54) is 16.2 Å². The maximum absolute atomic E-state index is 13.9. The number of ether oxygens (including phenoxy) is 5. The molecule has 2 aliphatic rings. The summed E-state index contributed by atoms with van der Waals surface area (Å²) in [5.74, 6) is 0.562. The molecule has 0 bridgehead atoms. The molecule has 0 aliphatic carbocycles. The van der Waals surface area contributed by atoms with Crippen molar-refractivity contribution in [2.75, 3.05) is 31.3 Å². The predicted molar refractivity (Wildman–Crippen MR) is 181 cm³/mol. The van der Waals surface area contributed by atoms with Crippen LogP contribution in [0, 0.1) is 0 Å². The fourth-order valence-electron chi connectivity index (χ4n) is 5.76. The number of hydrogen-bond donors (Lipinski definition) is 1. The molecule has 11 heteroatoms. The number of hydrogen-bond acceptors (Lipinski definition) is 10. The van der Waals surface area contributed by atoms with Gasteiger partial charge in [-0.15, -0.1) is 0 Å². The van der Waals surface area contributed by atoms with Crippen molar-refractivity contribution in [1.29, 1.82) is 0 Å². The highest BCUT2D eigenvalue weighted by atomic mass is 32.1. The largest absolute Gasteiger partial charge is 0.507 e. The normalized spacial score (nSPS) is 16.7. The maximum Gasteiger partial charge on any atom is 0.301 e. The van der Waals surface area contributed by atoms with Crippen molar-refractivity contribution in [3.63, 3.8) is 0 Å². The monoisotopic (exact) mass is 664 g/mol. The number of carbonyl (C=O) groups is 2. The van der Waals surface area contributed by atoms with E-state index in [1.807, 2.05) is 62.4 Å². The van der Waals surface area contributed by atoms with Crippen molar-refractivity contribution < 1.29 is 38.4 Å². The molecule has 5 aromatic rings. The minimum Gasteiger partial charge on any atom is -0.507 e. The van der Waals surface area contributed by atoms with Gasteiger partial charge in [-0.2, -0.15) is 0 Å². The zero-order valence-corrected chi connectivity index (χ0v) is 27.1. The molecular formula is C37H32N2O8S. The molecule has 1 aromatic heterocycles. The third kappa shape index (κ3) is 5.88. The van der Waals surface area contributed by atoms with Crippen LogP contribution in [-0.2, 0) is 16.2 Å². The molecule has 10 nitrogen and oxygen atoms in total. The van der Waals surface area contributed by atoms with Crippen molar-refractivity contribution in [3.05, 3.63) is 107 Å². The smallest absolute Gasteiger partial charge is 0.301 e. The topological polar surface area (TPSA) is 117 Å². The zero-order valence-electron chi connectivity index (χ0n) is 26.3. The van der Waals surface area contributed by atoms with Crippen LogP contribution in [0.3, 0.4) is 0 Å². The molecule has 0 spiro atoms. The first kappa shape index (κ1) is 31.1. The van der Waals surface area contributed by atoms with E-state index < -0.39 is 17.7 Å². The Morgan fingerprint density at radius 1 is 0.875 bits per heavy atom. The van der Waals surface area contributed by atoms with Gasteiger partial charge in [0.1, 0.15) is 31.3 Å². The number of ketones is 1. The van der Waals surface area contributed by atoms with Gasteiger partial charge in [0.05, 0.1) is 35.0 Å². The molecule has 1 atom stereocenters. The van der Waals surface area contributed by atoms with Crippen LogP contribution in [-0.4, -0.2) is 48.2 Å². The average molecular weight is 665 g/mol. The average Bonchev–Trinajstić information content (AvgIpc) is 3.65. The first-order valence-corrected chi connectivity index (χ1v) is 16.4. The summed E-state index contributed by atoms with van der Waals surface area (Å²) >= 11 is 1.26. The summed E-state index contributed by atoms with van der Waals surface area (Å²) in [5, 5.41) is 12.1. The van der Waals surface area contributed by atoms with E-state index in [0.717, 1.165) is 10.3 Å². The number of aliphatic hydroxyl groups is 1. The Kier molecular flexibility index (Phi) is 8.60. The number of thiazole rings is 1. The second kappa shape index (κ2) is 13.3. The fourth-order valence-corrected chi connectivity index (χ4v) is 6.78.